The molecule has 3 aromatic carbocycles. The highest BCUT2D eigenvalue weighted by Crippen LogP contribution is 2.35. The molecular formula is C22H23N3OS. The molecule has 0 heterocycles. The standard InChI is InChI=1S/C22H23N3OS/c1-2-14-24-22(26)16-12-13-19(18(23)15-16)25-20-10-6-7-11-21(20)27-17-8-4-3-5-9-17/h3-13,15,25H,2,14,23H2,1H3,(H,24,26). The van der Waals surface area contributed by atoms with E-state index >= 15 is 0 Å². The summed E-state index contributed by atoms with van der Waals surface area (Å²) in [6, 6.07) is 23.7. The van der Waals surface area contributed by atoms with Crippen molar-refractivity contribution in [2.45, 2.75) is 23.1 Å². The molecule has 4 N–H and O–H groups in total. The number of anilines is 3. The van der Waals surface area contributed by atoms with Crippen molar-refractivity contribution >= 4 is 34.7 Å². The molecule has 0 aliphatic heterocycles. The van der Waals surface area contributed by atoms with Crippen LogP contribution in [-0.2, 0) is 0 Å². The summed E-state index contributed by atoms with van der Waals surface area (Å²) >= 11 is 1.69. The van der Waals surface area contributed by atoms with Crippen LogP contribution in [0.4, 0.5) is 17.1 Å². The molecule has 0 unspecified atom stereocenters. The summed E-state index contributed by atoms with van der Waals surface area (Å²) in [5.41, 5.74) is 9.05. The summed E-state index contributed by atoms with van der Waals surface area (Å²) in [4.78, 5) is 14.4. The first-order chi connectivity index (χ1) is 13.2. The van der Waals surface area contributed by atoms with Gasteiger partial charge >= 0.3 is 0 Å². The summed E-state index contributed by atoms with van der Waals surface area (Å²) in [5, 5.41) is 6.26. The Morgan fingerprint density at radius 2 is 1.70 bits per heavy atom. The van der Waals surface area contributed by atoms with Gasteiger partial charge in [0.05, 0.1) is 17.1 Å². The zero-order valence-corrected chi connectivity index (χ0v) is 16.1. The molecule has 0 aromatic heterocycles. The average Bonchev–Trinajstić information content (AvgIpc) is 2.70. The van der Waals surface area contributed by atoms with Crippen LogP contribution in [0.3, 0.4) is 0 Å². The molecule has 4 nitrogen and oxygen atoms in total. The van der Waals surface area contributed by atoms with Crippen LogP contribution in [-0.4, -0.2) is 12.5 Å². The van der Waals surface area contributed by atoms with E-state index in [1.165, 1.54) is 4.90 Å². The molecule has 3 aromatic rings. The van der Waals surface area contributed by atoms with Crippen LogP contribution in [0.25, 0.3) is 0 Å². The van der Waals surface area contributed by atoms with Crippen LogP contribution in [0.15, 0.2) is 82.6 Å². The molecule has 0 aliphatic rings. The lowest BCUT2D eigenvalue weighted by molar-refractivity contribution is 0.0953. The Balaban J connectivity index is 1.78. The van der Waals surface area contributed by atoms with E-state index in [1.54, 1.807) is 23.9 Å². The Bertz CT molecular complexity index is 912. The fourth-order valence-corrected chi connectivity index (χ4v) is 3.50. The largest absolute Gasteiger partial charge is 0.397 e. The first kappa shape index (κ1) is 18.9. The van der Waals surface area contributed by atoms with Gasteiger partial charge in [0.2, 0.25) is 0 Å². The SMILES string of the molecule is CCCNC(=O)c1ccc(Nc2ccccc2Sc2ccccc2)c(N)c1. The van der Waals surface area contributed by atoms with Crippen molar-refractivity contribution in [1.82, 2.24) is 5.32 Å². The second kappa shape index (κ2) is 9.14. The first-order valence-corrected chi connectivity index (χ1v) is 9.75. The van der Waals surface area contributed by atoms with E-state index in [-0.39, 0.29) is 5.91 Å². The normalized spacial score (nSPS) is 10.4. The number of nitrogen functional groups attached to an aromatic ring is 1. The van der Waals surface area contributed by atoms with Gasteiger partial charge in [-0.15, -0.1) is 0 Å². The highest BCUT2D eigenvalue weighted by atomic mass is 32.2. The van der Waals surface area contributed by atoms with Crippen molar-refractivity contribution in [3.8, 4) is 0 Å². The zero-order valence-electron chi connectivity index (χ0n) is 15.2. The Morgan fingerprint density at radius 1 is 0.963 bits per heavy atom. The fraction of sp³-hybridized carbons (Fsp3) is 0.136. The maximum Gasteiger partial charge on any atom is 0.251 e. The number of amides is 1. The number of rotatable bonds is 7. The van der Waals surface area contributed by atoms with Gasteiger partial charge in [-0.25, -0.2) is 0 Å². The number of carbonyl (C=O) groups is 1. The van der Waals surface area contributed by atoms with Crippen LogP contribution < -0.4 is 16.4 Å². The molecule has 0 saturated heterocycles. The highest BCUT2D eigenvalue weighted by molar-refractivity contribution is 7.99. The van der Waals surface area contributed by atoms with Crippen LogP contribution >= 0.6 is 11.8 Å². The second-order valence-electron chi connectivity index (χ2n) is 6.09. The van der Waals surface area contributed by atoms with Crippen LogP contribution in [0, 0.1) is 0 Å². The van der Waals surface area contributed by atoms with E-state index in [9.17, 15) is 4.79 Å². The van der Waals surface area contributed by atoms with E-state index in [0.29, 0.717) is 17.8 Å². The summed E-state index contributed by atoms with van der Waals surface area (Å²) in [6.45, 7) is 2.68. The lowest BCUT2D eigenvalue weighted by Crippen LogP contribution is -2.24. The Morgan fingerprint density at radius 3 is 2.44 bits per heavy atom. The van der Waals surface area contributed by atoms with Gasteiger partial charge in [0, 0.05) is 21.9 Å². The van der Waals surface area contributed by atoms with Crippen LogP contribution in [0.5, 0.6) is 0 Å². The summed E-state index contributed by atoms with van der Waals surface area (Å²) in [7, 11) is 0. The van der Waals surface area contributed by atoms with Crippen molar-refractivity contribution < 1.29 is 4.79 Å². The van der Waals surface area contributed by atoms with Crippen molar-refractivity contribution in [2.24, 2.45) is 0 Å². The molecular weight excluding hydrogens is 354 g/mol. The second-order valence-corrected chi connectivity index (χ2v) is 7.21. The number of carbonyl (C=O) groups excluding carboxylic acids is 1. The predicted octanol–water partition coefficient (Wildman–Crippen LogP) is 5.30. The lowest BCUT2D eigenvalue weighted by Gasteiger charge is -2.14. The van der Waals surface area contributed by atoms with E-state index in [1.807, 2.05) is 49.4 Å². The quantitative estimate of drug-likeness (QED) is 0.489. The third kappa shape index (κ3) is 5.05. The molecule has 0 spiro atoms. The first-order valence-electron chi connectivity index (χ1n) is 8.94. The molecule has 0 aliphatic carbocycles. The van der Waals surface area contributed by atoms with Crippen molar-refractivity contribution in [1.29, 1.82) is 0 Å². The molecule has 0 bridgehead atoms. The minimum absolute atomic E-state index is 0.102. The minimum Gasteiger partial charge on any atom is -0.397 e. The van der Waals surface area contributed by atoms with Gasteiger partial charge in [0.1, 0.15) is 0 Å². The molecule has 5 heteroatoms. The molecule has 0 atom stereocenters. The third-order valence-electron chi connectivity index (χ3n) is 3.98. The van der Waals surface area contributed by atoms with E-state index in [0.717, 1.165) is 22.7 Å². The number of benzene rings is 3. The highest BCUT2D eigenvalue weighted by Gasteiger charge is 2.10. The number of nitrogens with one attached hydrogen (secondary N) is 2. The third-order valence-corrected chi connectivity index (χ3v) is 5.06. The van der Waals surface area contributed by atoms with E-state index in [2.05, 4.69) is 28.8 Å². The van der Waals surface area contributed by atoms with Gasteiger partial charge in [-0.2, -0.15) is 0 Å². The van der Waals surface area contributed by atoms with Gasteiger partial charge < -0.3 is 16.4 Å². The number of nitrogens with two attached hydrogens (primary N) is 1. The molecule has 0 fully saturated rings. The van der Waals surface area contributed by atoms with Crippen molar-refractivity contribution in [3.63, 3.8) is 0 Å². The van der Waals surface area contributed by atoms with E-state index < -0.39 is 0 Å². The average molecular weight is 378 g/mol. The van der Waals surface area contributed by atoms with Crippen LogP contribution in [0.1, 0.15) is 23.7 Å². The smallest absolute Gasteiger partial charge is 0.251 e. The Hall–Kier alpha value is -2.92. The molecule has 1 amide bonds. The summed E-state index contributed by atoms with van der Waals surface area (Å²) in [6.07, 6.45) is 0.900. The zero-order chi connectivity index (χ0) is 19.1. The number of hydrogen-bond donors (Lipinski definition) is 3. The fourth-order valence-electron chi connectivity index (χ4n) is 2.58. The molecule has 138 valence electrons. The minimum atomic E-state index is -0.102. The predicted molar refractivity (Wildman–Crippen MR) is 114 cm³/mol. The monoisotopic (exact) mass is 377 g/mol. The molecule has 27 heavy (non-hydrogen) atoms. The molecule has 0 radical (unpaired) electrons. The topological polar surface area (TPSA) is 67.2 Å². The van der Waals surface area contributed by atoms with Gasteiger partial charge in [0.25, 0.3) is 5.91 Å². The summed E-state index contributed by atoms with van der Waals surface area (Å²) in [5.74, 6) is -0.102. The number of para-hydroxylation sites is 1. The number of hydrogen-bond acceptors (Lipinski definition) is 4. The van der Waals surface area contributed by atoms with Crippen molar-refractivity contribution in [2.75, 3.05) is 17.6 Å². The van der Waals surface area contributed by atoms with Crippen molar-refractivity contribution in [3.05, 3.63) is 78.4 Å². The Kier molecular flexibility index (Phi) is 6.39. The van der Waals surface area contributed by atoms with Gasteiger partial charge in [-0.1, -0.05) is 49.0 Å². The van der Waals surface area contributed by atoms with Gasteiger partial charge in [0.15, 0.2) is 0 Å². The Labute approximate surface area is 164 Å². The summed E-state index contributed by atoms with van der Waals surface area (Å²) < 4.78 is 0. The lowest BCUT2D eigenvalue weighted by atomic mass is 10.1. The van der Waals surface area contributed by atoms with Crippen LogP contribution in [0.2, 0.25) is 0 Å². The molecule has 0 saturated carbocycles. The maximum absolute atomic E-state index is 12.1. The molecule has 3 rings (SSSR count). The van der Waals surface area contributed by atoms with Gasteiger partial charge in [-0.05, 0) is 48.9 Å². The van der Waals surface area contributed by atoms with E-state index in [4.69, 9.17) is 5.73 Å². The van der Waals surface area contributed by atoms with Gasteiger partial charge in [-0.3, -0.25) is 4.79 Å². The maximum atomic E-state index is 12.1.